The Balaban J connectivity index is 2.65. The molecule has 0 radical (unpaired) electrons. The fraction of sp³-hybridized carbons (Fsp3) is 0.714. The number of nitriles is 1. The van der Waals surface area contributed by atoms with Gasteiger partial charge in [0.05, 0.1) is 17.9 Å². The predicted molar refractivity (Wildman–Crippen MR) is 73.8 cm³/mol. The molecule has 1 rings (SSSR count). The normalized spacial score (nSPS) is 25.4. The molecule has 0 unspecified atom stereocenters. The molecule has 100 valence electrons. The van der Waals surface area contributed by atoms with Gasteiger partial charge in [0, 0.05) is 0 Å². The second-order valence-corrected chi connectivity index (χ2v) is 6.33. The number of ether oxygens (including phenoxy) is 1. The Morgan fingerprint density at radius 1 is 1.56 bits per heavy atom. The van der Waals surface area contributed by atoms with Gasteiger partial charge >= 0.3 is 5.97 Å². The number of allylic oxidation sites excluding steroid dienone is 2. The molecule has 0 spiro atoms. The number of unbranched alkanes of at least 4 members (excludes halogenated alkanes) is 1. The van der Waals surface area contributed by atoms with Crippen LogP contribution in [0.5, 0.6) is 0 Å². The average molecular weight is 267 g/mol. The topological polar surface area (TPSA) is 50.1 Å². The third-order valence-electron chi connectivity index (χ3n) is 3.56. The minimum absolute atomic E-state index is 0.0828. The maximum absolute atomic E-state index is 11.6. The summed E-state index contributed by atoms with van der Waals surface area (Å²) in [5.41, 5.74) is -0.0828. The van der Waals surface area contributed by atoms with Gasteiger partial charge in [-0.1, -0.05) is 33.3 Å². The Kier molecular flexibility index (Phi) is 5.28. The largest absolute Gasteiger partial charge is 0.469 e. The van der Waals surface area contributed by atoms with Crippen LogP contribution in [0, 0.1) is 28.6 Å². The maximum Gasteiger partial charge on any atom is 0.309 e. The highest BCUT2D eigenvalue weighted by atomic mass is 32.2. The van der Waals surface area contributed by atoms with E-state index in [-0.39, 0.29) is 23.2 Å². The lowest BCUT2D eigenvalue weighted by atomic mass is 10.1. The summed E-state index contributed by atoms with van der Waals surface area (Å²) in [6.45, 7) is 6.22. The highest BCUT2D eigenvalue weighted by Crippen LogP contribution is 2.60. The maximum atomic E-state index is 11.6. The van der Waals surface area contributed by atoms with E-state index in [1.54, 1.807) is 11.8 Å². The summed E-state index contributed by atoms with van der Waals surface area (Å²) in [6.07, 6.45) is 4.19. The standard InChI is InChI=1S/C14H21NO2S/c1-5-6-7-18-10(9-15)8-11-12(13(16)17-4)14(11,2)3/h8,11-12H,5-7H2,1-4H3/t11-,12+/m1/s1. The van der Waals surface area contributed by atoms with Crippen LogP contribution in [0.2, 0.25) is 0 Å². The van der Waals surface area contributed by atoms with Crippen LogP contribution < -0.4 is 0 Å². The molecule has 2 atom stereocenters. The van der Waals surface area contributed by atoms with E-state index >= 15 is 0 Å². The van der Waals surface area contributed by atoms with Crippen LogP contribution in [0.25, 0.3) is 0 Å². The van der Waals surface area contributed by atoms with Gasteiger partial charge in [-0.05, 0) is 23.5 Å². The summed E-state index contributed by atoms with van der Waals surface area (Å²) in [5, 5.41) is 9.10. The molecule has 1 saturated carbocycles. The van der Waals surface area contributed by atoms with Crippen LogP contribution in [0.4, 0.5) is 0 Å². The smallest absolute Gasteiger partial charge is 0.309 e. The average Bonchev–Trinajstić information content (AvgIpc) is 2.88. The molecule has 4 heteroatoms. The van der Waals surface area contributed by atoms with E-state index < -0.39 is 0 Å². The Bertz CT molecular complexity index is 382. The van der Waals surface area contributed by atoms with Gasteiger partial charge in [0.25, 0.3) is 0 Å². The number of esters is 1. The lowest BCUT2D eigenvalue weighted by Gasteiger charge is -2.00. The van der Waals surface area contributed by atoms with Gasteiger partial charge in [0.2, 0.25) is 0 Å². The van der Waals surface area contributed by atoms with E-state index in [0.717, 1.165) is 23.5 Å². The summed E-state index contributed by atoms with van der Waals surface area (Å²) in [7, 11) is 1.42. The van der Waals surface area contributed by atoms with Crippen molar-refractivity contribution < 1.29 is 9.53 Å². The van der Waals surface area contributed by atoms with E-state index in [2.05, 4.69) is 13.0 Å². The van der Waals surface area contributed by atoms with Crippen molar-refractivity contribution in [3.63, 3.8) is 0 Å². The lowest BCUT2D eigenvalue weighted by molar-refractivity contribution is -0.143. The molecule has 0 aliphatic heterocycles. The second-order valence-electron chi connectivity index (χ2n) is 5.19. The molecule has 0 heterocycles. The number of nitrogens with zero attached hydrogens (tertiary/aromatic N) is 1. The van der Waals surface area contributed by atoms with Crippen LogP contribution in [0.3, 0.4) is 0 Å². The fourth-order valence-electron chi connectivity index (χ4n) is 2.17. The van der Waals surface area contributed by atoms with Crippen LogP contribution in [0.15, 0.2) is 11.0 Å². The molecule has 1 aliphatic rings. The summed E-state index contributed by atoms with van der Waals surface area (Å²) < 4.78 is 4.80. The fourth-order valence-corrected chi connectivity index (χ4v) is 3.13. The molecule has 1 aliphatic carbocycles. The predicted octanol–water partition coefficient (Wildman–Crippen LogP) is 3.37. The molecule has 1 fully saturated rings. The van der Waals surface area contributed by atoms with Crippen LogP contribution in [-0.4, -0.2) is 18.8 Å². The molecule has 0 amide bonds. The second kappa shape index (κ2) is 6.29. The van der Waals surface area contributed by atoms with Crippen molar-refractivity contribution in [3.05, 3.63) is 11.0 Å². The summed E-state index contributed by atoms with van der Waals surface area (Å²) in [5.74, 6) is 0.829. The summed E-state index contributed by atoms with van der Waals surface area (Å²) in [4.78, 5) is 12.3. The highest BCUT2D eigenvalue weighted by Gasteiger charge is 2.61. The molecule has 3 nitrogen and oxygen atoms in total. The van der Waals surface area contributed by atoms with Gasteiger partial charge in [-0.3, -0.25) is 4.79 Å². The monoisotopic (exact) mass is 267 g/mol. The Labute approximate surface area is 114 Å². The number of carbonyl (C=O) groups is 1. The first-order valence-corrected chi connectivity index (χ1v) is 7.30. The number of thioether (sulfide) groups is 1. The Hall–Kier alpha value is -0.950. The quantitative estimate of drug-likeness (QED) is 0.420. The molecule has 0 saturated heterocycles. The number of hydrogen-bond donors (Lipinski definition) is 0. The zero-order valence-corrected chi connectivity index (χ0v) is 12.3. The highest BCUT2D eigenvalue weighted by molar-refractivity contribution is 8.03. The number of methoxy groups -OCH3 is 1. The van der Waals surface area contributed by atoms with Crippen molar-refractivity contribution in [2.75, 3.05) is 12.9 Å². The molecule has 18 heavy (non-hydrogen) atoms. The van der Waals surface area contributed by atoms with Gasteiger partial charge in [0.1, 0.15) is 6.07 Å². The van der Waals surface area contributed by atoms with Crippen LogP contribution in [0.1, 0.15) is 33.6 Å². The summed E-state index contributed by atoms with van der Waals surface area (Å²) >= 11 is 1.58. The zero-order chi connectivity index (χ0) is 13.8. The van der Waals surface area contributed by atoms with Gasteiger partial charge in [-0.25, -0.2) is 0 Å². The van der Waals surface area contributed by atoms with Crippen molar-refractivity contribution >= 4 is 17.7 Å². The van der Waals surface area contributed by atoms with Crippen LogP contribution in [-0.2, 0) is 9.53 Å². The van der Waals surface area contributed by atoms with Gasteiger partial charge < -0.3 is 4.74 Å². The molecule has 0 bridgehead atoms. The van der Waals surface area contributed by atoms with Gasteiger partial charge in [-0.2, -0.15) is 5.26 Å². The molecule has 0 N–H and O–H groups in total. The molecule has 0 aromatic carbocycles. The van der Waals surface area contributed by atoms with E-state index in [1.165, 1.54) is 7.11 Å². The number of carbonyl (C=O) groups excluding carboxylic acids is 1. The Morgan fingerprint density at radius 3 is 2.72 bits per heavy atom. The molecule has 0 aromatic rings. The van der Waals surface area contributed by atoms with Crippen molar-refractivity contribution in [3.8, 4) is 6.07 Å². The first-order chi connectivity index (χ1) is 8.48. The van der Waals surface area contributed by atoms with E-state index in [0.29, 0.717) is 0 Å². The van der Waals surface area contributed by atoms with E-state index in [9.17, 15) is 4.79 Å². The van der Waals surface area contributed by atoms with Crippen molar-refractivity contribution in [2.24, 2.45) is 17.3 Å². The number of hydrogen-bond acceptors (Lipinski definition) is 4. The van der Waals surface area contributed by atoms with Crippen molar-refractivity contribution in [2.45, 2.75) is 33.6 Å². The zero-order valence-electron chi connectivity index (χ0n) is 11.5. The van der Waals surface area contributed by atoms with Crippen molar-refractivity contribution in [1.82, 2.24) is 0 Å². The van der Waals surface area contributed by atoms with Crippen LogP contribution >= 0.6 is 11.8 Å². The van der Waals surface area contributed by atoms with E-state index in [4.69, 9.17) is 10.00 Å². The van der Waals surface area contributed by atoms with E-state index in [1.807, 2.05) is 19.9 Å². The van der Waals surface area contributed by atoms with Gasteiger partial charge in [0.15, 0.2) is 0 Å². The molecular formula is C14H21NO2S. The van der Waals surface area contributed by atoms with Crippen molar-refractivity contribution in [1.29, 1.82) is 5.26 Å². The SMILES string of the molecule is CCCCSC(C#N)=C[C@@H]1[C@@H](C(=O)OC)C1(C)C. The third-order valence-corrected chi connectivity index (χ3v) is 4.59. The first-order valence-electron chi connectivity index (χ1n) is 6.31. The molecular weight excluding hydrogens is 246 g/mol. The number of rotatable bonds is 6. The Morgan fingerprint density at radius 2 is 2.22 bits per heavy atom. The lowest BCUT2D eigenvalue weighted by Crippen LogP contribution is -2.07. The summed E-state index contributed by atoms with van der Waals surface area (Å²) in [6, 6.07) is 2.22. The minimum atomic E-state index is -0.169. The third kappa shape index (κ3) is 3.29. The molecule has 0 aromatic heterocycles. The van der Waals surface area contributed by atoms with Gasteiger partial charge in [-0.15, -0.1) is 11.8 Å². The minimum Gasteiger partial charge on any atom is -0.469 e. The first kappa shape index (κ1) is 15.1.